The van der Waals surface area contributed by atoms with Gasteiger partial charge in [-0.15, -0.1) is 0 Å². The largest absolute Gasteiger partial charge is 0.392 e. The second-order valence-corrected chi connectivity index (χ2v) is 5.76. The highest BCUT2D eigenvalue weighted by molar-refractivity contribution is 6.21. The minimum atomic E-state index is -0.238. The van der Waals surface area contributed by atoms with Gasteiger partial charge in [-0.2, -0.15) is 0 Å². The van der Waals surface area contributed by atoms with Crippen LogP contribution in [0.3, 0.4) is 0 Å². The van der Waals surface area contributed by atoms with Crippen molar-refractivity contribution in [2.75, 3.05) is 26.2 Å². The fourth-order valence-electron chi connectivity index (χ4n) is 3.13. The van der Waals surface area contributed by atoms with Crippen LogP contribution >= 0.6 is 0 Å². The molecule has 1 aromatic carbocycles. The van der Waals surface area contributed by atoms with Gasteiger partial charge >= 0.3 is 0 Å². The molecule has 1 fully saturated rings. The minimum Gasteiger partial charge on any atom is -0.392 e. The number of amides is 2. The van der Waals surface area contributed by atoms with E-state index in [4.69, 9.17) is 0 Å². The molecule has 3 rings (SSSR count). The molecule has 0 saturated carbocycles. The van der Waals surface area contributed by atoms with Crippen LogP contribution in [0.2, 0.25) is 0 Å². The SMILES string of the molecule is O=C1c2ccccc2C(=O)N1CCCN1CCC[C@H](O)C1. The summed E-state index contributed by atoms with van der Waals surface area (Å²) in [4.78, 5) is 27.9. The van der Waals surface area contributed by atoms with Crippen molar-refractivity contribution in [3.8, 4) is 0 Å². The normalized spacial score (nSPS) is 22.7. The van der Waals surface area contributed by atoms with Crippen molar-refractivity contribution in [3.63, 3.8) is 0 Å². The Hall–Kier alpha value is -1.72. The minimum absolute atomic E-state index is 0.186. The molecule has 0 spiro atoms. The monoisotopic (exact) mass is 288 g/mol. The lowest BCUT2D eigenvalue weighted by molar-refractivity contribution is 0.0592. The molecule has 1 atom stereocenters. The number of β-amino-alcohol motifs (C(OH)–C–C–N with tert-alkyl or cyclic N) is 1. The van der Waals surface area contributed by atoms with Crippen LogP contribution in [0, 0.1) is 0 Å². The second kappa shape index (κ2) is 5.95. The predicted molar refractivity (Wildman–Crippen MR) is 78.1 cm³/mol. The Morgan fingerprint density at radius 1 is 1.10 bits per heavy atom. The van der Waals surface area contributed by atoms with Crippen molar-refractivity contribution in [2.45, 2.75) is 25.4 Å². The van der Waals surface area contributed by atoms with Gasteiger partial charge in [0.05, 0.1) is 17.2 Å². The number of hydrogen-bond acceptors (Lipinski definition) is 4. The van der Waals surface area contributed by atoms with Gasteiger partial charge in [0, 0.05) is 13.1 Å². The number of nitrogens with zero attached hydrogens (tertiary/aromatic N) is 2. The average molecular weight is 288 g/mol. The molecule has 1 saturated heterocycles. The predicted octanol–water partition coefficient (Wildman–Crippen LogP) is 1.13. The summed E-state index contributed by atoms with van der Waals surface area (Å²) in [6.45, 7) is 2.94. The van der Waals surface area contributed by atoms with Crippen LogP contribution in [0.4, 0.5) is 0 Å². The number of likely N-dealkylation sites (tertiary alicyclic amines) is 1. The lowest BCUT2D eigenvalue weighted by atomic mass is 10.1. The first-order valence-corrected chi connectivity index (χ1v) is 7.52. The molecule has 2 aliphatic heterocycles. The fraction of sp³-hybridized carbons (Fsp3) is 0.500. The van der Waals surface area contributed by atoms with Crippen molar-refractivity contribution >= 4 is 11.8 Å². The highest BCUT2D eigenvalue weighted by atomic mass is 16.3. The first kappa shape index (κ1) is 14.2. The summed E-state index contributed by atoms with van der Waals surface area (Å²) < 4.78 is 0. The number of hydrogen-bond donors (Lipinski definition) is 1. The maximum Gasteiger partial charge on any atom is 0.261 e. The topological polar surface area (TPSA) is 60.9 Å². The van der Waals surface area contributed by atoms with Crippen LogP contribution in [0.15, 0.2) is 24.3 Å². The summed E-state index contributed by atoms with van der Waals surface area (Å²) in [6, 6.07) is 6.97. The molecule has 1 aromatic rings. The summed E-state index contributed by atoms with van der Waals surface area (Å²) in [6.07, 6.45) is 2.39. The zero-order valence-electron chi connectivity index (χ0n) is 12.0. The van der Waals surface area contributed by atoms with Gasteiger partial charge in [-0.25, -0.2) is 0 Å². The lowest BCUT2D eigenvalue weighted by Crippen LogP contribution is -2.40. The molecular weight excluding hydrogens is 268 g/mol. The van der Waals surface area contributed by atoms with Crippen molar-refractivity contribution in [2.24, 2.45) is 0 Å². The van der Waals surface area contributed by atoms with E-state index in [0.29, 0.717) is 24.2 Å². The van der Waals surface area contributed by atoms with Crippen molar-refractivity contribution in [3.05, 3.63) is 35.4 Å². The van der Waals surface area contributed by atoms with Crippen LogP contribution in [-0.2, 0) is 0 Å². The highest BCUT2D eigenvalue weighted by Gasteiger charge is 2.34. The van der Waals surface area contributed by atoms with Gasteiger partial charge in [0.25, 0.3) is 11.8 Å². The maximum atomic E-state index is 12.2. The Labute approximate surface area is 124 Å². The average Bonchev–Trinajstić information content (AvgIpc) is 2.73. The number of piperidine rings is 1. The molecule has 2 amide bonds. The molecule has 112 valence electrons. The molecule has 2 aliphatic rings. The second-order valence-electron chi connectivity index (χ2n) is 5.76. The maximum absolute atomic E-state index is 12.2. The third-order valence-corrected chi connectivity index (χ3v) is 4.21. The van der Waals surface area contributed by atoms with Crippen LogP contribution in [0.25, 0.3) is 0 Å². The third kappa shape index (κ3) is 2.84. The smallest absolute Gasteiger partial charge is 0.261 e. The molecule has 0 radical (unpaired) electrons. The summed E-state index contributed by atoms with van der Waals surface area (Å²) in [7, 11) is 0. The van der Waals surface area contributed by atoms with Crippen LogP contribution in [0.1, 0.15) is 40.0 Å². The molecule has 0 bridgehead atoms. The van der Waals surface area contributed by atoms with E-state index in [1.54, 1.807) is 24.3 Å². The molecule has 21 heavy (non-hydrogen) atoms. The molecule has 0 unspecified atom stereocenters. The fourth-order valence-corrected chi connectivity index (χ4v) is 3.13. The Morgan fingerprint density at radius 2 is 1.76 bits per heavy atom. The zero-order chi connectivity index (χ0) is 14.8. The van der Waals surface area contributed by atoms with E-state index in [0.717, 1.165) is 32.4 Å². The van der Waals surface area contributed by atoms with Gasteiger partial charge < -0.3 is 10.0 Å². The van der Waals surface area contributed by atoms with E-state index in [2.05, 4.69) is 4.90 Å². The molecule has 5 heteroatoms. The van der Waals surface area contributed by atoms with Crippen molar-refractivity contribution in [1.29, 1.82) is 0 Å². The number of aliphatic hydroxyl groups excluding tert-OH is 1. The van der Waals surface area contributed by atoms with Crippen LogP contribution < -0.4 is 0 Å². The lowest BCUT2D eigenvalue weighted by Gasteiger charge is -2.30. The van der Waals surface area contributed by atoms with E-state index < -0.39 is 0 Å². The molecule has 2 heterocycles. The molecule has 1 N–H and O–H groups in total. The number of fused-ring (bicyclic) bond motifs is 1. The zero-order valence-corrected chi connectivity index (χ0v) is 12.0. The van der Waals surface area contributed by atoms with E-state index in [1.165, 1.54) is 4.90 Å². The number of aliphatic hydroxyl groups is 1. The van der Waals surface area contributed by atoms with Gasteiger partial charge in [0.1, 0.15) is 0 Å². The standard InChI is InChI=1S/C16H20N2O3/c19-12-5-3-8-17(11-12)9-4-10-18-15(20)13-6-1-2-7-14(13)16(18)21/h1-2,6-7,12,19H,3-5,8-11H2/t12-/m0/s1. The highest BCUT2D eigenvalue weighted by Crippen LogP contribution is 2.22. The first-order valence-electron chi connectivity index (χ1n) is 7.52. The van der Waals surface area contributed by atoms with Gasteiger partial charge in [0.15, 0.2) is 0 Å². The Morgan fingerprint density at radius 3 is 2.38 bits per heavy atom. The van der Waals surface area contributed by atoms with Gasteiger partial charge in [-0.3, -0.25) is 14.5 Å². The molecule has 0 aliphatic carbocycles. The van der Waals surface area contributed by atoms with Gasteiger partial charge in [-0.05, 0) is 44.5 Å². The first-order chi connectivity index (χ1) is 10.2. The molecule has 0 aromatic heterocycles. The summed E-state index contributed by atoms with van der Waals surface area (Å²) in [5, 5.41) is 9.63. The van der Waals surface area contributed by atoms with Crippen LogP contribution in [0.5, 0.6) is 0 Å². The number of benzene rings is 1. The van der Waals surface area contributed by atoms with Crippen LogP contribution in [-0.4, -0.2) is 59.0 Å². The quantitative estimate of drug-likeness (QED) is 0.844. The summed E-state index contributed by atoms with van der Waals surface area (Å²) in [5.41, 5.74) is 1.02. The number of imide groups is 1. The molecule has 5 nitrogen and oxygen atoms in total. The number of carbonyl (C=O) groups excluding carboxylic acids is 2. The number of carbonyl (C=O) groups is 2. The van der Waals surface area contributed by atoms with Gasteiger partial charge in [0.2, 0.25) is 0 Å². The Balaban J connectivity index is 1.55. The van der Waals surface area contributed by atoms with E-state index in [-0.39, 0.29) is 17.9 Å². The number of rotatable bonds is 4. The van der Waals surface area contributed by atoms with Gasteiger partial charge in [-0.1, -0.05) is 12.1 Å². The van der Waals surface area contributed by atoms with E-state index in [1.807, 2.05) is 0 Å². The molecular formula is C16H20N2O3. The Kier molecular flexibility index (Phi) is 4.03. The third-order valence-electron chi connectivity index (χ3n) is 4.21. The Bertz CT molecular complexity index is 523. The van der Waals surface area contributed by atoms with E-state index >= 15 is 0 Å². The van der Waals surface area contributed by atoms with E-state index in [9.17, 15) is 14.7 Å². The summed E-state index contributed by atoms with van der Waals surface area (Å²) in [5.74, 6) is -0.372. The van der Waals surface area contributed by atoms with Crippen molar-refractivity contribution < 1.29 is 14.7 Å². The van der Waals surface area contributed by atoms with Crippen molar-refractivity contribution in [1.82, 2.24) is 9.80 Å². The summed E-state index contributed by atoms with van der Waals surface area (Å²) >= 11 is 0.